The number of benzene rings is 1. The number of carbonyl (C=O) groups is 1. The molecule has 92 valence electrons. The van der Waals surface area contributed by atoms with Gasteiger partial charge in [-0.1, -0.05) is 0 Å². The quantitative estimate of drug-likeness (QED) is 0.773. The molecule has 1 fully saturated rings. The number of ether oxygens (including phenoxy) is 1. The second kappa shape index (κ2) is 5.45. The first-order valence-electron chi connectivity index (χ1n) is 5.77. The van der Waals surface area contributed by atoms with E-state index in [9.17, 15) is 4.79 Å². The molecule has 0 aromatic heterocycles. The van der Waals surface area contributed by atoms with Crippen molar-refractivity contribution in [3.63, 3.8) is 0 Å². The molecule has 0 bridgehead atoms. The van der Waals surface area contributed by atoms with Gasteiger partial charge in [-0.2, -0.15) is 0 Å². The van der Waals surface area contributed by atoms with Gasteiger partial charge >= 0.3 is 0 Å². The molecule has 1 aliphatic heterocycles. The lowest BCUT2D eigenvalue weighted by atomic mass is 10.2. The van der Waals surface area contributed by atoms with Gasteiger partial charge in [0.1, 0.15) is 5.75 Å². The summed E-state index contributed by atoms with van der Waals surface area (Å²) in [6.45, 7) is 1.73. The first-order chi connectivity index (χ1) is 8.26. The highest BCUT2D eigenvalue weighted by Gasteiger charge is 2.22. The van der Waals surface area contributed by atoms with Crippen LogP contribution in [0.2, 0.25) is 0 Å². The Hall–Kier alpha value is -1.16. The van der Waals surface area contributed by atoms with Gasteiger partial charge in [-0.25, -0.2) is 0 Å². The molecule has 3 nitrogen and oxygen atoms in total. The van der Waals surface area contributed by atoms with Gasteiger partial charge in [0.2, 0.25) is 0 Å². The van der Waals surface area contributed by atoms with Crippen LogP contribution >= 0.6 is 11.8 Å². The summed E-state index contributed by atoms with van der Waals surface area (Å²) < 4.78 is 5.31. The second-order valence-electron chi connectivity index (χ2n) is 4.07. The monoisotopic (exact) mass is 251 g/mol. The number of likely N-dealkylation sites (tertiary alicyclic amines) is 1. The molecule has 0 radical (unpaired) electrons. The minimum Gasteiger partial charge on any atom is -0.496 e. The summed E-state index contributed by atoms with van der Waals surface area (Å²) in [4.78, 5) is 15.3. The lowest BCUT2D eigenvalue weighted by Gasteiger charge is -2.17. The van der Waals surface area contributed by atoms with Gasteiger partial charge in [-0.15, -0.1) is 11.8 Å². The van der Waals surface area contributed by atoms with E-state index in [0.717, 1.165) is 30.8 Å². The minimum atomic E-state index is 0.0898. The van der Waals surface area contributed by atoms with Gasteiger partial charge in [0.25, 0.3) is 5.91 Å². The van der Waals surface area contributed by atoms with Crippen LogP contribution in [0.1, 0.15) is 23.2 Å². The smallest absolute Gasteiger partial charge is 0.257 e. The third-order valence-corrected chi connectivity index (χ3v) is 3.76. The molecular formula is C13H17NO2S. The van der Waals surface area contributed by atoms with Gasteiger partial charge < -0.3 is 9.64 Å². The SMILES string of the molecule is COc1cc(SC)ccc1C(=O)N1CCCC1. The third-order valence-electron chi connectivity index (χ3n) is 3.03. The van der Waals surface area contributed by atoms with Gasteiger partial charge in [-0.05, 0) is 37.3 Å². The Bertz CT molecular complexity index is 414. The maximum absolute atomic E-state index is 12.3. The second-order valence-corrected chi connectivity index (χ2v) is 4.95. The molecule has 1 saturated heterocycles. The van der Waals surface area contributed by atoms with Crippen molar-refractivity contribution in [3.8, 4) is 5.75 Å². The maximum Gasteiger partial charge on any atom is 0.257 e. The fraction of sp³-hybridized carbons (Fsp3) is 0.462. The summed E-state index contributed by atoms with van der Waals surface area (Å²) in [5.41, 5.74) is 0.673. The van der Waals surface area contributed by atoms with Crippen LogP contribution in [-0.2, 0) is 0 Å². The van der Waals surface area contributed by atoms with E-state index in [2.05, 4.69) is 0 Å². The lowest BCUT2D eigenvalue weighted by molar-refractivity contribution is 0.0789. The van der Waals surface area contributed by atoms with Gasteiger partial charge in [0.05, 0.1) is 12.7 Å². The topological polar surface area (TPSA) is 29.5 Å². The average molecular weight is 251 g/mol. The van der Waals surface area contributed by atoms with Crippen molar-refractivity contribution in [3.05, 3.63) is 23.8 Å². The van der Waals surface area contributed by atoms with Crippen LogP contribution in [0.4, 0.5) is 0 Å². The van der Waals surface area contributed by atoms with E-state index in [1.807, 2.05) is 29.4 Å². The number of nitrogens with zero attached hydrogens (tertiary/aromatic N) is 1. The molecule has 1 aromatic rings. The Labute approximate surface area is 106 Å². The molecule has 0 saturated carbocycles. The Morgan fingerprint density at radius 2 is 2.06 bits per heavy atom. The maximum atomic E-state index is 12.3. The highest BCUT2D eigenvalue weighted by Crippen LogP contribution is 2.27. The summed E-state index contributed by atoms with van der Waals surface area (Å²) >= 11 is 1.65. The summed E-state index contributed by atoms with van der Waals surface area (Å²) in [6.07, 6.45) is 4.23. The zero-order valence-electron chi connectivity index (χ0n) is 10.2. The van der Waals surface area contributed by atoms with Crippen LogP contribution in [-0.4, -0.2) is 37.3 Å². The molecule has 2 rings (SSSR count). The highest BCUT2D eigenvalue weighted by molar-refractivity contribution is 7.98. The zero-order chi connectivity index (χ0) is 12.3. The van der Waals surface area contributed by atoms with Crippen LogP contribution < -0.4 is 4.74 Å². The van der Waals surface area contributed by atoms with Crippen molar-refractivity contribution in [2.24, 2.45) is 0 Å². The highest BCUT2D eigenvalue weighted by atomic mass is 32.2. The van der Waals surface area contributed by atoms with Gasteiger partial charge in [0, 0.05) is 18.0 Å². The number of thioether (sulfide) groups is 1. The van der Waals surface area contributed by atoms with E-state index >= 15 is 0 Å². The fourth-order valence-electron chi connectivity index (χ4n) is 2.07. The molecule has 1 aliphatic rings. The molecule has 4 heteroatoms. The van der Waals surface area contributed by atoms with Crippen LogP contribution in [0.15, 0.2) is 23.1 Å². The summed E-state index contributed by atoms with van der Waals surface area (Å²) in [7, 11) is 1.61. The first-order valence-corrected chi connectivity index (χ1v) is 7.00. The summed E-state index contributed by atoms with van der Waals surface area (Å²) in [5, 5.41) is 0. The summed E-state index contributed by atoms with van der Waals surface area (Å²) in [5.74, 6) is 0.765. The van der Waals surface area contributed by atoms with E-state index in [-0.39, 0.29) is 5.91 Å². The first kappa shape index (κ1) is 12.3. The number of methoxy groups -OCH3 is 1. The molecule has 17 heavy (non-hydrogen) atoms. The molecule has 0 N–H and O–H groups in total. The summed E-state index contributed by atoms with van der Waals surface area (Å²) in [6, 6.07) is 5.76. The van der Waals surface area contributed by atoms with Crippen LogP contribution in [0.5, 0.6) is 5.75 Å². The molecule has 0 spiro atoms. The Morgan fingerprint density at radius 3 is 2.65 bits per heavy atom. The predicted octanol–water partition coefficient (Wildman–Crippen LogP) is 2.65. The predicted molar refractivity (Wildman–Crippen MR) is 69.9 cm³/mol. The third kappa shape index (κ3) is 2.57. The van der Waals surface area contributed by atoms with E-state index < -0.39 is 0 Å². The van der Waals surface area contributed by atoms with Crippen molar-refractivity contribution in [1.82, 2.24) is 4.90 Å². The number of rotatable bonds is 3. The van der Waals surface area contributed by atoms with Crippen molar-refractivity contribution < 1.29 is 9.53 Å². The normalized spacial score (nSPS) is 15.1. The van der Waals surface area contributed by atoms with Crippen molar-refractivity contribution in [1.29, 1.82) is 0 Å². The Balaban J connectivity index is 2.27. The van der Waals surface area contributed by atoms with Crippen molar-refractivity contribution in [2.75, 3.05) is 26.5 Å². The number of carbonyl (C=O) groups excluding carboxylic acids is 1. The molecule has 1 amide bonds. The largest absolute Gasteiger partial charge is 0.496 e. The molecule has 0 atom stereocenters. The van der Waals surface area contributed by atoms with Gasteiger partial charge in [-0.3, -0.25) is 4.79 Å². The van der Waals surface area contributed by atoms with E-state index in [0.29, 0.717) is 11.3 Å². The Morgan fingerprint density at radius 1 is 1.35 bits per heavy atom. The number of hydrogen-bond donors (Lipinski definition) is 0. The van der Waals surface area contributed by atoms with Crippen LogP contribution in [0.3, 0.4) is 0 Å². The van der Waals surface area contributed by atoms with Crippen LogP contribution in [0.25, 0.3) is 0 Å². The van der Waals surface area contributed by atoms with E-state index in [1.165, 1.54) is 0 Å². The van der Waals surface area contributed by atoms with E-state index in [1.54, 1.807) is 18.9 Å². The molecule has 1 aromatic carbocycles. The zero-order valence-corrected chi connectivity index (χ0v) is 11.0. The van der Waals surface area contributed by atoms with Crippen molar-refractivity contribution >= 4 is 17.7 Å². The lowest BCUT2D eigenvalue weighted by Crippen LogP contribution is -2.27. The molecule has 1 heterocycles. The minimum absolute atomic E-state index is 0.0898. The van der Waals surface area contributed by atoms with Gasteiger partial charge in [0.15, 0.2) is 0 Å². The Kier molecular flexibility index (Phi) is 3.94. The number of amides is 1. The molecule has 0 unspecified atom stereocenters. The average Bonchev–Trinajstić information content (AvgIpc) is 2.91. The van der Waals surface area contributed by atoms with E-state index in [4.69, 9.17) is 4.74 Å². The molecule has 0 aliphatic carbocycles. The fourth-order valence-corrected chi connectivity index (χ4v) is 2.49. The number of hydrogen-bond acceptors (Lipinski definition) is 3. The van der Waals surface area contributed by atoms with Crippen LogP contribution in [0, 0.1) is 0 Å². The standard InChI is InChI=1S/C13H17NO2S/c1-16-12-9-10(17-2)5-6-11(12)13(15)14-7-3-4-8-14/h5-6,9H,3-4,7-8H2,1-2H3. The molecular weight excluding hydrogens is 234 g/mol. The van der Waals surface area contributed by atoms with Crippen molar-refractivity contribution in [2.45, 2.75) is 17.7 Å².